The van der Waals surface area contributed by atoms with Gasteiger partial charge in [0.2, 0.25) is 0 Å². The van der Waals surface area contributed by atoms with E-state index in [1.165, 1.54) is 36.4 Å². The maximum atomic E-state index is 15.0. The average molecular weight is 534 g/mol. The van der Waals surface area contributed by atoms with Gasteiger partial charge in [0.15, 0.2) is 15.5 Å². The number of quaternary nitrogens is 1. The van der Waals surface area contributed by atoms with Gasteiger partial charge in [-0.3, -0.25) is 4.79 Å². The Balaban J connectivity index is 1.71. The fourth-order valence-electron chi connectivity index (χ4n) is 3.72. The molecule has 0 atom stereocenters. The first kappa shape index (κ1) is 26.0. The first-order valence-electron chi connectivity index (χ1n) is 10.8. The van der Waals surface area contributed by atoms with E-state index in [0.717, 1.165) is 17.0 Å². The predicted octanol–water partition coefficient (Wildman–Crippen LogP) is 4.09. The lowest BCUT2D eigenvalue weighted by molar-refractivity contribution is -0.386. The summed E-state index contributed by atoms with van der Waals surface area (Å²) in [4.78, 5) is 13.0. The summed E-state index contributed by atoms with van der Waals surface area (Å²) >= 11 is 0. The fraction of sp³-hybridized carbons (Fsp3) is 0.120. The minimum atomic E-state index is -4.82. The Morgan fingerprint density at radius 1 is 1.03 bits per heavy atom. The van der Waals surface area contributed by atoms with Gasteiger partial charge < -0.3 is 11.1 Å². The number of carbonyl (C=O) groups excluding carboxylic acids is 1. The Hall–Kier alpha value is -4.03. The normalized spacial score (nSPS) is 11.9. The number of sulfone groups is 1. The van der Waals surface area contributed by atoms with Gasteiger partial charge in [-0.25, -0.2) is 17.5 Å². The highest BCUT2D eigenvalue weighted by molar-refractivity contribution is 7.90. The van der Waals surface area contributed by atoms with Gasteiger partial charge in [-0.05, 0) is 35.9 Å². The number of nitrogens with zero attached hydrogens (tertiary/aromatic N) is 2. The number of anilines is 1. The molecule has 4 N–H and O–H groups in total. The largest absolute Gasteiger partial charge is 0.435 e. The number of hydrogen-bond acceptors (Lipinski definition) is 4. The average Bonchev–Trinajstić information content (AvgIpc) is 3.31. The Morgan fingerprint density at radius 3 is 2.41 bits per heavy atom. The number of aromatic nitrogens is 2. The Labute approximate surface area is 209 Å². The van der Waals surface area contributed by atoms with E-state index in [4.69, 9.17) is 0 Å². The number of rotatable bonds is 6. The molecule has 7 nitrogen and oxygen atoms in total. The van der Waals surface area contributed by atoms with Crippen LogP contribution in [0, 0.1) is 5.82 Å². The third-order valence-corrected chi connectivity index (χ3v) is 6.65. The summed E-state index contributed by atoms with van der Waals surface area (Å²) in [5, 5.41) is 5.84. The van der Waals surface area contributed by atoms with Gasteiger partial charge in [0, 0.05) is 23.4 Å². The monoisotopic (exact) mass is 533 g/mol. The molecule has 0 aliphatic rings. The van der Waals surface area contributed by atoms with Crippen molar-refractivity contribution >= 4 is 21.4 Å². The summed E-state index contributed by atoms with van der Waals surface area (Å²) in [5.74, 6) is -1.93. The Bertz CT molecular complexity index is 1600. The van der Waals surface area contributed by atoms with Crippen molar-refractivity contribution in [2.24, 2.45) is 0 Å². The maximum absolute atomic E-state index is 15.0. The number of alkyl halides is 3. The van der Waals surface area contributed by atoms with Crippen molar-refractivity contribution in [3.05, 3.63) is 95.6 Å². The van der Waals surface area contributed by atoms with E-state index >= 15 is 0 Å². The van der Waals surface area contributed by atoms with Crippen LogP contribution in [0.5, 0.6) is 0 Å². The van der Waals surface area contributed by atoms with Crippen LogP contribution in [0.1, 0.15) is 21.7 Å². The van der Waals surface area contributed by atoms with Gasteiger partial charge in [-0.15, -0.1) is 0 Å². The highest BCUT2D eigenvalue weighted by Gasteiger charge is 2.36. The molecule has 192 valence electrons. The van der Waals surface area contributed by atoms with Crippen molar-refractivity contribution in [3.8, 4) is 16.8 Å². The molecule has 4 rings (SSSR count). The molecule has 37 heavy (non-hydrogen) atoms. The summed E-state index contributed by atoms with van der Waals surface area (Å²) in [5.41, 5.74) is 3.11. The molecule has 1 aromatic heterocycles. The molecule has 0 spiro atoms. The van der Waals surface area contributed by atoms with Crippen LogP contribution < -0.4 is 11.1 Å². The van der Waals surface area contributed by atoms with Crippen LogP contribution in [0.4, 0.5) is 23.2 Å². The summed E-state index contributed by atoms with van der Waals surface area (Å²) in [6.45, 7) is 0.364. The van der Waals surface area contributed by atoms with Crippen molar-refractivity contribution in [3.63, 3.8) is 0 Å². The van der Waals surface area contributed by atoms with E-state index in [0.29, 0.717) is 18.2 Å². The third kappa shape index (κ3) is 5.54. The Morgan fingerprint density at radius 2 is 1.76 bits per heavy atom. The van der Waals surface area contributed by atoms with Crippen LogP contribution in [0.15, 0.2) is 77.7 Å². The topological polar surface area (TPSA) is 109 Å². The zero-order valence-electron chi connectivity index (χ0n) is 19.4. The van der Waals surface area contributed by atoms with Crippen LogP contribution >= 0.6 is 0 Å². The lowest BCUT2D eigenvalue weighted by Crippen LogP contribution is -2.47. The zero-order chi connectivity index (χ0) is 27.0. The predicted molar refractivity (Wildman–Crippen MR) is 128 cm³/mol. The number of benzene rings is 3. The smallest absolute Gasteiger partial charge is 0.354 e. The molecular formula is C25H21F4N4O3S+. The number of amides is 1. The molecular weight excluding hydrogens is 512 g/mol. The second-order valence-corrected chi connectivity index (χ2v) is 10.1. The Kier molecular flexibility index (Phi) is 6.89. The molecule has 3 aromatic carbocycles. The van der Waals surface area contributed by atoms with Gasteiger partial charge in [0.1, 0.15) is 11.5 Å². The molecule has 0 unspecified atom stereocenters. The molecule has 0 saturated heterocycles. The standard InChI is InChI=1S/C25H20F4N4O3S/c1-37(35,36)22-8-3-2-7-18(22)16-9-10-20(19(26)12-16)31-24(34)21-13-23(25(27,28)29)32-33(21)17-6-4-5-15(11-17)14-30/h2-13H,14,30H2,1H3,(H,31,34)/p+1. The summed E-state index contributed by atoms with van der Waals surface area (Å²) in [6, 6.07) is 16.6. The number of carbonyl (C=O) groups is 1. The SMILES string of the molecule is CS(=O)(=O)c1ccccc1-c1ccc(NC(=O)c2cc(C(F)(F)F)nn2-c2cccc(C[NH3+])c2)c(F)c1. The van der Waals surface area contributed by atoms with Crippen LogP contribution in [0.25, 0.3) is 16.8 Å². The summed E-state index contributed by atoms with van der Waals surface area (Å²) in [6.07, 6.45) is -3.79. The van der Waals surface area contributed by atoms with Gasteiger partial charge in [-0.2, -0.15) is 18.3 Å². The number of halogens is 4. The van der Waals surface area contributed by atoms with E-state index in [-0.39, 0.29) is 27.4 Å². The molecule has 0 saturated carbocycles. The lowest BCUT2D eigenvalue weighted by atomic mass is 10.0. The van der Waals surface area contributed by atoms with Gasteiger partial charge in [0.25, 0.3) is 5.91 Å². The summed E-state index contributed by atoms with van der Waals surface area (Å²) < 4.78 is 80.2. The first-order chi connectivity index (χ1) is 17.4. The van der Waals surface area contributed by atoms with E-state index in [2.05, 4.69) is 16.1 Å². The molecule has 1 heterocycles. The lowest BCUT2D eigenvalue weighted by Gasteiger charge is -2.12. The van der Waals surface area contributed by atoms with Gasteiger partial charge in [-0.1, -0.05) is 36.4 Å². The van der Waals surface area contributed by atoms with Gasteiger partial charge in [0.05, 0.1) is 22.8 Å². The molecule has 4 aromatic rings. The minimum absolute atomic E-state index is 0.000669. The number of nitrogens with one attached hydrogen (secondary N) is 1. The van der Waals surface area contributed by atoms with Crippen LogP contribution in [0.2, 0.25) is 0 Å². The van der Waals surface area contributed by atoms with E-state index in [1.54, 1.807) is 24.3 Å². The second-order valence-electron chi connectivity index (χ2n) is 8.16. The summed E-state index contributed by atoms with van der Waals surface area (Å²) in [7, 11) is -3.60. The van der Waals surface area contributed by atoms with Gasteiger partial charge >= 0.3 is 6.18 Å². The van der Waals surface area contributed by atoms with Crippen LogP contribution in [-0.2, 0) is 22.6 Å². The quantitative estimate of drug-likeness (QED) is 0.364. The van der Waals surface area contributed by atoms with E-state index in [9.17, 15) is 30.8 Å². The molecule has 12 heteroatoms. The highest BCUT2D eigenvalue weighted by Crippen LogP contribution is 2.32. The van der Waals surface area contributed by atoms with Crippen molar-refractivity contribution in [1.82, 2.24) is 9.78 Å². The molecule has 0 bridgehead atoms. The second kappa shape index (κ2) is 9.79. The fourth-order valence-corrected chi connectivity index (χ4v) is 4.63. The van der Waals surface area contributed by atoms with Crippen LogP contribution in [-0.4, -0.2) is 30.4 Å². The zero-order valence-corrected chi connectivity index (χ0v) is 20.2. The van der Waals surface area contributed by atoms with E-state index in [1.807, 2.05) is 0 Å². The molecule has 0 fully saturated rings. The third-order valence-electron chi connectivity index (χ3n) is 5.49. The first-order valence-corrected chi connectivity index (χ1v) is 12.7. The van der Waals surface area contributed by atoms with Crippen molar-refractivity contribution in [2.75, 3.05) is 11.6 Å². The van der Waals surface area contributed by atoms with Crippen molar-refractivity contribution in [1.29, 1.82) is 0 Å². The highest BCUT2D eigenvalue weighted by atomic mass is 32.2. The number of hydrogen-bond donors (Lipinski definition) is 2. The molecule has 1 amide bonds. The van der Waals surface area contributed by atoms with E-state index < -0.39 is 39.1 Å². The minimum Gasteiger partial charge on any atom is -0.354 e. The molecule has 0 aliphatic heterocycles. The van der Waals surface area contributed by atoms with Crippen molar-refractivity contribution < 1.29 is 36.5 Å². The molecule has 0 aliphatic carbocycles. The van der Waals surface area contributed by atoms with Crippen molar-refractivity contribution in [2.45, 2.75) is 17.6 Å². The molecule has 0 radical (unpaired) electrons. The maximum Gasteiger partial charge on any atom is 0.435 e. The van der Waals surface area contributed by atoms with Crippen LogP contribution in [0.3, 0.4) is 0 Å².